The maximum atomic E-state index is 12.9. The Balaban J connectivity index is 1.85. The lowest BCUT2D eigenvalue weighted by molar-refractivity contribution is -0.150. The van der Waals surface area contributed by atoms with Gasteiger partial charge in [0.15, 0.2) is 11.5 Å². The van der Waals surface area contributed by atoms with Crippen LogP contribution in [-0.4, -0.2) is 41.3 Å². The number of imide groups is 1. The number of carbonyl (C=O) groups excluding carboxylic acids is 3. The number of ether oxygens (including phenoxy) is 3. The van der Waals surface area contributed by atoms with Crippen LogP contribution in [0.15, 0.2) is 41.3 Å². The van der Waals surface area contributed by atoms with Crippen LogP contribution in [0.5, 0.6) is 11.5 Å². The molecule has 0 unspecified atom stereocenters. The van der Waals surface area contributed by atoms with Gasteiger partial charge in [0, 0.05) is 0 Å². The molecule has 1 saturated heterocycles. The van der Waals surface area contributed by atoms with Crippen molar-refractivity contribution in [3.63, 3.8) is 0 Å². The van der Waals surface area contributed by atoms with Gasteiger partial charge in [-0.1, -0.05) is 29.8 Å². The number of halogens is 1. The second kappa shape index (κ2) is 11.7. The van der Waals surface area contributed by atoms with E-state index in [-0.39, 0.29) is 11.5 Å². The lowest BCUT2D eigenvalue weighted by atomic mass is 10.1. The fourth-order valence-corrected chi connectivity index (χ4v) is 5.05. The minimum Gasteiger partial charge on any atom is -0.490 e. The predicted molar refractivity (Wildman–Crippen MR) is 140 cm³/mol. The third-order valence-corrected chi connectivity index (χ3v) is 6.62. The van der Waals surface area contributed by atoms with Crippen LogP contribution in [0.3, 0.4) is 0 Å². The zero-order valence-corrected chi connectivity index (χ0v) is 22.4. The molecule has 1 aliphatic rings. The molecule has 34 heavy (non-hydrogen) atoms. The maximum Gasteiger partial charge on any atom is 0.329 e. The Labute approximate surface area is 217 Å². The molecule has 0 bridgehead atoms. The van der Waals surface area contributed by atoms with E-state index in [9.17, 15) is 14.4 Å². The third-order valence-electron chi connectivity index (χ3n) is 4.93. The smallest absolute Gasteiger partial charge is 0.329 e. The molecule has 1 heterocycles. The summed E-state index contributed by atoms with van der Waals surface area (Å²) in [5, 5.41) is -0.505. The zero-order valence-electron chi connectivity index (χ0n) is 19.4. The number of hydrogen-bond donors (Lipinski definition) is 0. The van der Waals surface area contributed by atoms with Crippen LogP contribution >= 0.6 is 34.4 Å². The van der Waals surface area contributed by atoms with Gasteiger partial charge in [-0.05, 0) is 91.4 Å². The van der Waals surface area contributed by atoms with E-state index in [0.717, 1.165) is 31.4 Å². The van der Waals surface area contributed by atoms with Crippen molar-refractivity contribution in [1.29, 1.82) is 0 Å². The predicted octanol–water partition coefficient (Wildman–Crippen LogP) is 5.57. The van der Waals surface area contributed by atoms with E-state index < -0.39 is 23.2 Å². The van der Waals surface area contributed by atoms with Crippen molar-refractivity contribution in [2.45, 2.75) is 40.3 Å². The molecule has 2 aromatic carbocycles. The van der Waals surface area contributed by atoms with E-state index in [4.69, 9.17) is 14.2 Å². The first kappa shape index (κ1) is 26.1. The van der Waals surface area contributed by atoms with E-state index in [1.807, 2.05) is 38.1 Å². The molecule has 0 saturated carbocycles. The summed E-state index contributed by atoms with van der Waals surface area (Å²) in [6.07, 6.45) is 1.62. The average Bonchev–Trinajstić information content (AvgIpc) is 3.05. The zero-order chi connectivity index (χ0) is 24.8. The Morgan fingerprint density at radius 1 is 1.15 bits per heavy atom. The summed E-state index contributed by atoms with van der Waals surface area (Å²) in [4.78, 5) is 38.5. The minimum atomic E-state index is -0.991. The fraction of sp³-hybridized carbons (Fsp3) is 0.320. The Morgan fingerprint density at radius 2 is 1.91 bits per heavy atom. The number of benzene rings is 2. The van der Waals surface area contributed by atoms with Gasteiger partial charge in [-0.25, -0.2) is 4.79 Å². The molecule has 1 atom stereocenters. The Hall–Kier alpha value is -2.53. The van der Waals surface area contributed by atoms with Gasteiger partial charge in [0.1, 0.15) is 12.6 Å². The molecule has 7 nitrogen and oxygen atoms in total. The van der Waals surface area contributed by atoms with Crippen molar-refractivity contribution >= 4 is 57.5 Å². The van der Waals surface area contributed by atoms with Crippen molar-refractivity contribution in [2.75, 3.05) is 13.2 Å². The second-order valence-electron chi connectivity index (χ2n) is 7.52. The first-order valence-corrected chi connectivity index (χ1v) is 12.7. The molecular formula is C25H26INO6S. The average molecular weight is 595 g/mol. The number of aryl methyl sites for hydroxylation is 1. The number of rotatable bonds is 9. The molecule has 3 rings (SSSR count). The molecule has 180 valence electrons. The Morgan fingerprint density at radius 3 is 2.59 bits per heavy atom. The molecule has 2 amide bonds. The number of carbonyl (C=O) groups is 3. The van der Waals surface area contributed by atoms with E-state index in [0.29, 0.717) is 30.3 Å². The van der Waals surface area contributed by atoms with Crippen molar-refractivity contribution in [2.24, 2.45) is 0 Å². The van der Waals surface area contributed by atoms with Gasteiger partial charge in [-0.15, -0.1) is 0 Å². The van der Waals surface area contributed by atoms with Gasteiger partial charge in [0.25, 0.3) is 11.1 Å². The lowest BCUT2D eigenvalue weighted by Gasteiger charge is -2.19. The highest BCUT2D eigenvalue weighted by Crippen LogP contribution is 2.38. The van der Waals surface area contributed by atoms with Crippen molar-refractivity contribution in [3.05, 3.63) is 61.6 Å². The summed E-state index contributed by atoms with van der Waals surface area (Å²) >= 11 is 2.96. The first-order valence-electron chi connectivity index (χ1n) is 10.8. The van der Waals surface area contributed by atoms with E-state index >= 15 is 0 Å². The van der Waals surface area contributed by atoms with Gasteiger partial charge in [-0.2, -0.15) is 0 Å². The van der Waals surface area contributed by atoms with Crippen LogP contribution in [0.4, 0.5) is 4.79 Å². The lowest BCUT2D eigenvalue weighted by Crippen LogP contribution is -2.42. The van der Waals surface area contributed by atoms with E-state index in [1.165, 1.54) is 6.92 Å². The number of thioether (sulfide) groups is 1. The van der Waals surface area contributed by atoms with Crippen LogP contribution in [0.1, 0.15) is 37.5 Å². The van der Waals surface area contributed by atoms with Crippen molar-refractivity contribution in [3.8, 4) is 11.5 Å². The summed E-state index contributed by atoms with van der Waals surface area (Å²) in [7, 11) is 0. The van der Waals surface area contributed by atoms with E-state index in [1.54, 1.807) is 19.1 Å². The summed E-state index contributed by atoms with van der Waals surface area (Å²) in [5.74, 6) is 0.0233. The molecule has 0 aliphatic carbocycles. The topological polar surface area (TPSA) is 82.1 Å². The monoisotopic (exact) mass is 595 g/mol. The highest BCUT2D eigenvalue weighted by atomic mass is 127. The highest BCUT2D eigenvalue weighted by molar-refractivity contribution is 14.1. The highest BCUT2D eigenvalue weighted by Gasteiger charge is 2.41. The van der Waals surface area contributed by atoms with Gasteiger partial charge in [0.2, 0.25) is 0 Å². The molecule has 0 spiro atoms. The van der Waals surface area contributed by atoms with Gasteiger partial charge >= 0.3 is 5.97 Å². The molecule has 9 heteroatoms. The van der Waals surface area contributed by atoms with Crippen LogP contribution < -0.4 is 9.47 Å². The molecule has 0 N–H and O–H groups in total. The van der Waals surface area contributed by atoms with Gasteiger partial charge in [0.05, 0.1) is 21.7 Å². The van der Waals surface area contributed by atoms with Gasteiger partial charge < -0.3 is 14.2 Å². The molecule has 0 radical (unpaired) electrons. The van der Waals surface area contributed by atoms with Crippen molar-refractivity contribution in [1.82, 2.24) is 4.90 Å². The third kappa shape index (κ3) is 6.12. The van der Waals surface area contributed by atoms with Crippen molar-refractivity contribution < 1.29 is 28.6 Å². The Kier molecular flexibility index (Phi) is 9.01. The first-order chi connectivity index (χ1) is 16.2. The minimum absolute atomic E-state index is 0.173. The summed E-state index contributed by atoms with van der Waals surface area (Å²) < 4.78 is 17.7. The largest absolute Gasteiger partial charge is 0.490 e. The normalized spacial score (nSPS) is 15.6. The quantitative estimate of drug-likeness (QED) is 0.213. The standard InChI is InChI=1S/C25H26INO6S/c1-5-31-20-12-18(11-19(26)22(20)33-14-17-9-7-8-15(3)10-17)13-21-23(28)27(25(30)34-21)16(4)24(29)32-6-2/h7-13,16H,5-6,14H2,1-4H3/b21-13+/t16-/m0/s1. The number of hydrogen-bond acceptors (Lipinski definition) is 7. The van der Waals surface area contributed by atoms with E-state index in [2.05, 4.69) is 28.7 Å². The molecule has 1 fully saturated rings. The van der Waals surface area contributed by atoms with Crippen LogP contribution in [0, 0.1) is 10.5 Å². The second-order valence-corrected chi connectivity index (χ2v) is 9.68. The molecular weight excluding hydrogens is 569 g/mol. The fourth-order valence-electron chi connectivity index (χ4n) is 3.37. The summed E-state index contributed by atoms with van der Waals surface area (Å²) in [5.41, 5.74) is 2.89. The number of amides is 2. The Bertz CT molecular complexity index is 1130. The SMILES string of the molecule is CCOC(=O)[C@H](C)N1C(=O)S/C(=C/c2cc(I)c(OCc3cccc(C)c3)c(OCC)c2)C1=O. The number of esters is 1. The van der Waals surface area contributed by atoms with Crippen LogP contribution in [-0.2, 0) is 20.9 Å². The summed E-state index contributed by atoms with van der Waals surface area (Å²) in [6.45, 7) is 8.06. The summed E-state index contributed by atoms with van der Waals surface area (Å²) in [6, 6.07) is 10.7. The molecule has 2 aromatic rings. The molecule has 1 aliphatic heterocycles. The van der Waals surface area contributed by atoms with Crippen LogP contribution in [0.25, 0.3) is 6.08 Å². The van der Waals surface area contributed by atoms with Gasteiger partial charge in [-0.3, -0.25) is 14.5 Å². The molecule has 0 aromatic heterocycles. The van der Waals surface area contributed by atoms with Crippen LogP contribution in [0.2, 0.25) is 0 Å². The number of nitrogens with zero attached hydrogens (tertiary/aromatic N) is 1. The maximum absolute atomic E-state index is 12.9.